The lowest BCUT2D eigenvalue weighted by Crippen LogP contribution is -2.34. The first-order valence-electron chi connectivity index (χ1n) is 7.82. The first-order chi connectivity index (χ1) is 11.3. The molecule has 0 N–H and O–H groups in total. The smallest absolute Gasteiger partial charge is 0.227 e. The lowest BCUT2D eigenvalue weighted by Gasteiger charge is -2.20. The van der Waals surface area contributed by atoms with Crippen molar-refractivity contribution < 1.29 is 13.9 Å². The number of furan rings is 1. The molecule has 4 nitrogen and oxygen atoms in total. The number of nitrogens with zero attached hydrogens (tertiary/aromatic N) is 1. The van der Waals surface area contributed by atoms with E-state index in [0.29, 0.717) is 11.7 Å². The van der Waals surface area contributed by atoms with Gasteiger partial charge < -0.3 is 14.1 Å². The Morgan fingerprint density at radius 3 is 2.96 bits per heavy atom. The summed E-state index contributed by atoms with van der Waals surface area (Å²) in [5.41, 5.74) is 0.944. The minimum absolute atomic E-state index is 0.162. The molecule has 23 heavy (non-hydrogen) atoms. The van der Waals surface area contributed by atoms with Crippen LogP contribution in [0.4, 0.5) is 0 Å². The van der Waals surface area contributed by atoms with E-state index in [0.717, 1.165) is 42.3 Å². The Morgan fingerprint density at radius 1 is 1.30 bits per heavy atom. The molecule has 122 valence electrons. The SMILES string of the molecule is COc1ccccc1CC(=O)N1CCS[C@@H](c2ccco2)CC1. The molecule has 1 aliphatic rings. The predicted octanol–water partition coefficient (Wildman–Crippen LogP) is 3.54. The van der Waals surface area contributed by atoms with E-state index in [1.54, 1.807) is 13.4 Å². The fourth-order valence-corrected chi connectivity index (χ4v) is 4.03. The highest BCUT2D eigenvalue weighted by Gasteiger charge is 2.24. The van der Waals surface area contributed by atoms with Crippen LogP contribution < -0.4 is 4.74 Å². The van der Waals surface area contributed by atoms with Crippen molar-refractivity contribution in [2.45, 2.75) is 18.1 Å². The normalized spacial score (nSPS) is 18.5. The fourth-order valence-electron chi connectivity index (χ4n) is 2.85. The number of carbonyl (C=O) groups excluding carboxylic acids is 1. The molecule has 1 aliphatic heterocycles. The van der Waals surface area contributed by atoms with E-state index in [9.17, 15) is 4.79 Å². The maximum Gasteiger partial charge on any atom is 0.227 e. The minimum atomic E-state index is 0.162. The predicted molar refractivity (Wildman–Crippen MR) is 91.8 cm³/mol. The van der Waals surface area contributed by atoms with E-state index in [4.69, 9.17) is 9.15 Å². The zero-order valence-corrected chi connectivity index (χ0v) is 14.1. The van der Waals surface area contributed by atoms with Crippen molar-refractivity contribution in [2.75, 3.05) is 26.0 Å². The van der Waals surface area contributed by atoms with Gasteiger partial charge in [0.1, 0.15) is 11.5 Å². The number of benzene rings is 1. The molecular formula is C18H21NO3S. The molecule has 1 atom stereocenters. The summed E-state index contributed by atoms with van der Waals surface area (Å²) in [6.07, 6.45) is 3.03. The molecule has 1 saturated heterocycles. The largest absolute Gasteiger partial charge is 0.496 e. The van der Waals surface area contributed by atoms with Crippen LogP contribution in [0, 0.1) is 0 Å². The van der Waals surface area contributed by atoms with E-state index in [1.807, 2.05) is 53.1 Å². The third-order valence-electron chi connectivity index (χ3n) is 4.09. The van der Waals surface area contributed by atoms with E-state index in [1.165, 1.54) is 0 Å². The molecule has 2 heterocycles. The third-order valence-corrected chi connectivity index (χ3v) is 5.38. The minimum Gasteiger partial charge on any atom is -0.496 e. The highest BCUT2D eigenvalue weighted by Crippen LogP contribution is 2.34. The molecule has 0 spiro atoms. The number of thioether (sulfide) groups is 1. The van der Waals surface area contributed by atoms with Gasteiger partial charge in [-0.25, -0.2) is 0 Å². The molecule has 0 bridgehead atoms. The first-order valence-corrected chi connectivity index (χ1v) is 8.87. The van der Waals surface area contributed by atoms with Crippen molar-refractivity contribution in [2.24, 2.45) is 0 Å². The van der Waals surface area contributed by atoms with Crippen molar-refractivity contribution in [3.63, 3.8) is 0 Å². The quantitative estimate of drug-likeness (QED) is 0.859. The standard InChI is InChI=1S/C18H21NO3S/c1-21-15-6-3-2-5-14(15)13-18(20)19-9-8-17(23-12-10-19)16-7-4-11-22-16/h2-7,11,17H,8-10,12-13H2,1H3/t17-/m1/s1. The molecule has 0 aliphatic carbocycles. The molecule has 5 heteroatoms. The average molecular weight is 331 g/mol. The van der Waals surface area contributed by atoms with Gasteiger partial charge in [0.25, 0.3) is 0 Å². The van der Waals surface area contributed by atoms with Gasteiger partial charge in [-0.1, -0.05) is 18.2 Å². The number of hydrogen-bond donors (Lipinski definition) is 0. The Balaban J connectivity index is 1.62. The summed E-state index contributed by atoms with van der Waals surface area (Å²) in [5.74, 6) is 2.88. The topological polar surface area (TPSA) is 42.7 Å². The molecule has 2 aromatic rings. The second-order valence-electron chi connectivity index (χ2n) is 5.53. The summed E-state index contributed by atoms with van der Waals surface area (Å²) in [6, 6.07) is 11.7. The summed E-state index contributed by atoms with van der Waals surface area (Å²) >= 11 is 1.86. The number of hydrogen-bond acceptors (Lipinski definition) is 4. The summed E-state index contributed by atoms with van der Waals surface area (Å²) in [6.45, 7) is 1.56. The monoisotopic (exact) mass is 331 g/mol. The van der Waals surface area contributed by atoms with E-state index in [2.05, 4.69) is 0 Å². The van der Waals surface area contributed by atoms with Crippen LogP contribution in [0.1, 0.15) is 23.0 Å². The number of carbonyl (C=O) groups is 1. The van der Waals surface area contributed by atoms with Gasteiger partial charge in [0, 0.05) is 24.4 Å². The number of rotatable bonds is 4. The van der Waals surface area contributed by atoms with Gasteiger partial charge in [-0.15, -0.1) is 11.8 Å². The highest BCUT2D eigenvalue weighted by molar-refractivity contribution is 7.99. The lowest BCUT2D eigenvalue weighted by molar-refractivity contribution is -0.130. The van der Waals surface area contributed by atoms with Crippen LogP contribution in [0.15, 0.2) is 47.1 Å². The van der Waals surface area contributed by atoms with Crippen molar-refractivity contribution in [1.82, 2.24) is 4.90 Å². The number of ether oxygens (including phenoxy) is 1. The summed E-state index contributed by atoms with van der Waals surface area (Å²) in [7, 11) is 1.64. The zero-order chi connectivity index (χ0) is 16.1. The van der Waals surface area contributed by atoms with E-state index in [-0.39, 0.29) is 5.91 Å². The van der Waals surface area contributed by atoms with Gasteiger partial charge in [-0.3, -0.25) is 4.79 Å². The van der Waals surface area contributed by atoms with Crippen LogP contribution in [0.5, 0.6) is 5.75 Å². The van der Waals surface area contributed by atoms with Crippen molar-refractivity contribution in [3.8, 4) is 5.75 Å². The van der Waals surface area contributed by atoms with Gasteiger partial charge in [0.15, 0.2) is 0 Å². The van der Waals surface area contributed by atoms with Crippen molar-refractivity contribution in [1.29, 1.82) is 0 Å². The van der Waals surface area contributed by atoms with Crippen LogP contribution in [-0.4, -0.2) is 36.8 Å². The molecule has 1 fully saturated rings. The van der Waals surface area contributed by atoms with E-state index >= 15 is 0 Å². The Bertz CT molecular complexity index is 641. The van der Waals surface area contributed by atoms with Crippen molar-refractivity contribution in [3.05, 3.63) is 54.0 Å². The van der Waals surface area contributed by atoms with Crippen LogP contribution >= 0.6 is 11.8 Å². The lowest BCUT2D eigenvalue weighted by atomic mass is 10.1. The fraction of sp³-hybridized carbons (Fsp3) is 0.389. The van der Waals surface area contributed by atoms with Crippen LogP contribution in [0.25, 0.3) is 0 Å². The summed E-state index contributed by atoms with van der Waals surface area (Å²) < 4.78 is 10.8. The Morgan fingerprint density at radius 2 is 2.17 bits per heavy atom. The highest BCUT2D eigenvalue weighted by atomic mass is 32.2. The molecule has 0 radical (unpaired) electrons. The van der Waals surface area contributed by atoms with Crippen LogP contribution in [-0.2, 0) is 11.2 Å². The van der Waals surface area contributed by atoms with Gasteiger partial charge >= 0.3 is 0 Å². The second-order valence-corrected chi connectivity index (χ2v) is 6.84. The third kappa shape index (κ3) is 3.91. The van der Waals surface area contributed by atoms with Gasteiger partial charge in [0.2, 0.25) is 5.91 Å². The molecule has 3 rings (SSSR count). The second kappa shape index (κ2) is 7.59. The Kier molecular flexibility index (Phi) is 5.28. The molecule has 1 amide bonds. The van der Waals surface area contributed by atoms with Crippen LogP contribution in [0.3, 0.4) is 0 Å². The number of methoxy groups -OCH3 is 1. The first kappa shape index (κ1) is 16.0. The maximum absolute atomic E-state index is 12.6. The zero-order valence-electron chi connectivity index (χ0n) is 13.2. The average Bonchev–Trinajstić information content (AvgIpc) is 3.00. The Labute approximate surface area is 140 Å². The maximum atomic E-state index is 12.6. The summed E-state index contributed by atoms with van der Waals surface area (Å²) in [4.78, 5) is 14.6. The molecule has 0 unspecified atom stereocenters. The van der Waals surface area contributed by atoms with Crippen LogP contribution in [0.2, 0.25) is 0 Å². The van der Waals surface area contributed by atoms with Crippen molar-refractivity contribution >= 4 is 17.7 Å². The number of para-hydroxylation sites is 1. The summed E-state index contributed by atoms with van der Waals surface area (Å²) in [5, 5.41) is 0.342. The molecule has 1 aromatic carbocycles. The van der Waals surface area contributed by atoms with E-state index < -0.39 is 0 Å². The van der Waals surface area contributed by atoms with Gasteiger partial charge in [0.05, 0.1) is 25.0 Å². The molecular weight excluding hydrogens is 310 g/mol. The number of amides is 1. The van der Waals surface area contributed by atoms with Gasteiger partial charge in [-0.2, -0.15) is 0 Å². The molecule has 1 aromatic heterocycles. The Hall–Kier alpha value is -1.88. The van der Waals surface area contributed by atoms with Gasteiger partial charge in [-0.05, 0) is 24.6 Å². The molecule has 0 saturated carbocycles.